The molecule has 5 rings (SSSR count). The minimum Gasteiger partial charge on any atom is -0.479 e. The first kappa shape index (κ1) is 51.1. The van der Waals surface area contributed by atoms with E-state index < -0.39 is 184 Å². The van der Waals surface area contributed by atoms with E-state index in [1.807, 2.05) is 0 Å². The van der Waals surface area contributed by atoms with E-state index in [0.717, 1.165) is 20.8 Å². The van der Waals surface area contributed by atoms with Gasteiger partial charge in [0.2, 0.25) is 17.7 Å². The molecule has 14 N–H and O–H groups in total. The first-order valence-electron chi connectivity index (χ1n) is 20.1. The second-order valence-electron chi connectivity index (χ2n) is 16.1. The highest BCUT2D eigenvalue weighted by Crippen LogP contribution is 2.37. The van der Waals surface area contributed by atoms with Crippen molar-refractivity contribution in [1.29, 1.82) is 0 Å². The molecule has 5 fully saturated rings. The van der Waals surface area contributed by atoms with E-state index >= 15 is 0 Å². The first-order chi connectivity index (χ1) is 29.5. The molecular weight excluding hydrogens is 858 g/mol. The van der Waals surface area contributed by atoms with E-state index in [4.69, 9.17) is 42.6 Å². The summed E-state index contributed by atoms with van der Waals surface area (Å²) in [7, 11) is 0. The number of hydrogen-bond donors (Lipinski definition) is 14. The summed E-state index contributed by atoms with van der Waals surface area (Å²) >= 11 is 0. The Kier molecular flexibility index (Phi) is 17.2. The fraction of sp³-hybridized carbons (Fsp3) is 0.889. The van der Waals surface area contributed by atoms with Gasteiger partial charge in [0.25, 0.3) is 0 Å². The Morgan fingerprint density at radius 2 is 0.968 bits per heavy atom. The molecule has 0 bridgehead atoms. The average molecular weight is 918 g/mol. The highest BCUT2D eigenvalue weighted by molar-refractivity contribution is 5.74. The van der Waals surface area contributed by atoms with Gasteiger partial charge in [-0.15, -0.1) is 0 Å². The predicted octanol–water partition coefficient (Wildman–Crippen LogP) is -8.32. The Morgan fingerprint density at radius 3 is 1.56 bits per heavy atom. The second-order valence-corrected chi connectivity index (χ2v) is 16.1. The highest BCUT2D eigenvalue weighted by atomic mass is 16.8. The van der Waals surface area contributed by atoms with Crippen molar-refractivity contribution in [3.8, 4) is 0 Å². The fourth-order valence-electron chi connectivity index (χ4n) is 8.06. The van der Waals surface area contributed by atoms with Crippen molar-refractivity contribution < 1.29 is 118 Å². The number of aliphatic hydroxyl groups is 10. The molecule has 12 unspecified atom stereocenters. The summed E-state index contributed by atoms with van der Waals surface area (Å²) in [5, 5.41) is 125. The van der Waals surface area contributed by atoms with Crippen LogP contribution in [0.15, 0.2) is 0 Å². The van der Waals surface area contributed by atoms with Crippen LogP contribution in [0.2, 0.25) is 0 Å². The number of rotatable bonds is 13. The Balaban J connectivity index is 1.60. The number of carbonyl (C=O) groups is 4. The minimum atomic E-state index is -2.26. The summed E-state index contributed by atoms with van der Waals surface area (Å²) in [6.07, 6.45) is -39.3. The number of hydrogen-bond acceptors (Lipinski definition) is 23. The van der Waals surface area contributed by atoms with Gasteiger partial charge in [-0.2, -0.15) is 0 Å². The van der Waals surface area contributed by atoms with Crippen molar-refractivity contribution in [3.05, 3.63) is 0 Å². The lowest BCUT2D eigenvalue weighted by Gasteiger charge is -2.52. The van der Waals surface area contributed by atoms with Crippen LogP contribution in [-0.4, -0.2) is 240 Å². The van der Waals surface area contributed by atoms with Crippen molar-refractivity contribution in [2.24, 2.45) is 0 Å². The molecule has 0 spiro atoms. The summed E-state index contributed by atoms with van der Waals surface area (Å²) in [4.78, 5) is 49.8. The third-order valence-electron chi connectivity index (χ3n) is 11.4. The van der Waals surface area contributed by atoms with Crippen LogP contribution < -0.4 is 16.0 Å². The van der Waals surface area contributed by atoms with Crippen LogP contribution in [-0.2, 0) is 61.8 Å². The molecule has 0 aromatic heterocycles. The van der Waals surface area contributed by atoms with E-state index in [1.165, 1.54) is 20.8 Å². The van der Waals surface area contributed by atoms with Crippen LogP contribution in [0, 0.1) is 0 Å². The van der Waals surface area contributed by atoms with Gasteiger partial charge in [0.15, 0.2) is 37.6 Å². The van der Waals surface area contributed by atoms with Gasteiger partial charge < -0.3 is 115 Å². The minimum absolute atomic E-state index is 0.683. The zero-order chi connectivity index (χ0) is 46.9. The fourth-order valence-corrected chi connectivity index (χ4v) is 8.06. The van der Waals surface area contributed by atoms with Gasteiger partial charge in [-0.05, 0) is 20.8 Å². The second kappa shape index (κ2) is 21.2. The van der Waals surface area contributed by atoms with Gasteiger partial charge in [-0.3, -0.25) is 14.4 Å². The Morgan fingerprint density at radius 1 is 0.460 bits per heavy atom. The number of nitrogens with one attached hydrogen (secondary N) is 3. The van der Waals surface area contributed by atoms with Crippen LogP contribution in [0.3, 0.4) is 0 Å². The van der Waals surface area contributed by atoms with Crippen LogP contribution in [0.4, 0.5) is 0 Å². The quantitative estimate of drug-likeness (QED) is 0.0816. The average Bonchev–Trinajstić information content (AvgIpc) is 3.20. The zero-order valence-corrected chi connectivity index (χ0v) is 34.9. The summed E-state index contributed by atoms with van der Waals surface area (Å²) in [6.45, 7) is 6.40. The molecule has 5 aliphatic rings. The lowest BCUT2D eigenvalue weighted by Crippen LogP contribution is -2.71. The van der Waals surface area contributed by atoms with Gasteiger partial charge in [-0.25, -0.2) is 4.79 Å². The molecule has 0 saturated carbocycles. The van der Waals surface area contributed by atoms with Gasteiger partial charge >= 0.3 is 5.97 Å². The smallest absolute Gasteiger partial charge is 0.335 e. The predicted molar refractivity (Wildman–Crippen MR) is 198 cm³/mol. The molecule has 3 amide bonds. The largest absolute Gasteiger partial charge is 0.479 e. The molecule has 0 aromatic carbocycles. The topological polar surface area (TPSA) is 410 Å². The molecule has 362 valence electrons. The number of carboxylic acids is 1. The summed E-state index contributed by atoms with van der Waals surface area (Å²) in [5.41, 5.74) is 0. The van der Waals surface area contributed by atoms with Gasteiger partial charge in [-0.1, -0.05) is 0 Å². The third-order valence-corrected chi connectivity index (χ3v) is 11.4. The molecule has 0 aromatic rings. The maximum absolute atomic E-state index is 13.0. The molecule has 5 saturated heterocycles. The lowest BCUT2D eigenvalue weighted by atomic mass is 9.93. The van der Waals surface area contributed by atoms with E-state index in [2.05, 4.69) is 16.0 Å². The van der Waals surface area contributed by atoms with Crippen LogP contribution >= 0.6 is 0 Å². The molecule has 0 radical (unpaired) electrons. The first-order valence-corrected chi connectivity index (χ1v) is 20.1. The molecule has 5 aliphatic heterocycles. The van der Waals surface area contributed by atoms with Crippen molar-refractivity contribution in [2.75, 3.05) is 6.61 Å². The van der Waals surface area contributed by atoms with Gasteiger partial charge in [0, 0.05) is 20.8 Å². The third kappa shape index (κ3) is 11.2. The standard InChI is InChI=1S/C36H59N3O24/c1-8-18(44)21(47)15(37-11(4)41)33(56-8)63-30-24(50)23(49)29(31(52)53)62-36(30)61-28-17(39-13(6)43)34(60-27-16(38-12(5)42)32(54)55-9(2)19(27)45)57-10(3)26(28)59-35-25(51)22(48)20(46)14(7-40)58-35/h8-10,14-30,32-36,40,44-51,54H,7H2,1-6H3,(H,37,41)(H,38,42)(H,39,43)(H,52,53)/t8-,9?,10-,14?,15-,16?,17-,18?,19+,20+,21?,22?,23-,24?,25?,26+,27?,28?,29?,30?,32+,33-,34-,35-,36+/m0/s1. The van der Waals surface area contributed by atoms with E-state index in [0.29, 0.717) is 0 Å². The van der Waals surface area contributed by atoms with Crippen molar-refractivity contribution >= 4 is 23.7 Å². The van der Waals surface area contributed by atoms with Gasteiger partial charge in [0.1, 0.15) is 97.5 Å². The Hall–Kier alpha value is -2.88. The number of carbonyl (C=O) groups excluding carboxylic acids is 3. The molecule has 27 nitrogen and oxygen atoms in total. The van der Waals surface area contributed by atoms with Gasteiger partial charge in [0.05, 0.1) is 24.9 Å². The Labute approximate surface area is 359 Å². The van der Waals surface area contributed by atoms with Crippen molar-refractivity contribution in [3.63, 3.8) is 0 Å². The number of carboxylic acid groups (broad SMARTS) is 1. The monoisotopic (exact) mass is 917 g/mol. The molecule has 0 aliphatic carbocycles. The van der Waals surface area contributed by atoms with Crippen molar-refractivity contribution in [2.45, 2.75) is 195 Å². The molecule has 27 heteroatoms. The number of ether oxygens (including phenoxy) is 9. The molecular formula is C36H59N3O24. The normalized spacial score (nSPS) is 48.2. The van der Waals surface area contributed by atoms with Crippen LogP contribution in [0.25, 0.3) is 0 Å². The van der Waals surface area contributed by atoms with E-state index in [-0.39, 0.29) is 0 Å². The summed E-state index contributed by atoms with van der Waals surface area (Å²) in [5.74, 6) is -4.05. The van der Waals surface area contributed by atoms with E-state index in [1.54, 1.807) is 0 Å². The summed E-state index contributed by atoms with van der Waals surface area (Å²) in [6, 6.07) is -4.75. The summed E-state index contributed by atoms with van der Waals surface area (Å²) < 4.78 is 53.3. The number of aliphatic carboxylic acids is 1. The molecule has 25 atom stereocenters. The lowest BCUT2D eigenvalue weighted by molar-refractivity contribution is -0.388. The SMILES string of the molecule is CC(=O)NC1C(O[C@@H]2O[C@@H](C)[C@@H](O[C@@H]3OC(CO)[C@@H](O)C(O)C3O)C(O[C@@H]3OC(C(=O)O)[C@@H](O)C(O)C3O[C@@H]3O[C@@H](C)C(O)C(O)[C@@H]3NC(C)=O)[C@@H]2NC(C)=O)[C@H](O)C(C)O[C@H]1O. The van der Waals surface area contributed by atoms with Crippen LogP contribution in [0.1, 0.15) is 41.5 Å². The molecule has 63 heavy (non-hydrogen) atoms. The van der Waals surface area contributed by atoms with Crippen molar-refractivity contribution in [1.82, 2.24) is 16.0 Å². The van der Waals surface area contributed by atoms with Crippen LogP contribution in [0.5, 0.6) is 0 Å². The zero-order valence-electron chi connectivity index (χ0n) is 34.9. The number of amides is 3. The van der Waals surface area contributed by atoms with E-state index in [9.17, 15) is 75.3 Å². The maximum Gasteiger partial charge on any atom is 0.335 e. The number of aliphatic hydroxyl groups excluding tert-OH is 10. The Bertz CT molecular complexity index is 1580. The maximum atomic E-state index is 13.0. The molecule has 5 heterocycles. The highest BCUT2D eigenvalue weighted by Gasteiger charge is 2.58.